The summed E-state index contributed by atoms with van der Waals surface area (Å²) < 4.78 is 14.7. The van der Waals surface area contributed by atoms with Gasteiger partial charge in [-0.15, -0.1) is 10.2 Å². The van der Waals surface area contributed by atoms with E-state index in [2.05, 4.69) is 20.4 Å². The zero-order valence-corrected chi connectivity index (χ0v) is 16.3. The van der Waals surface area contributed by atoms with Gasteiger partial charge in [0.15, 0.2) is 5.82 Å². The highest BCUT2D eigenvalue weighted by atomic mass is 19.1. The number of nitriles is 1. The summed E-state index contributed by atoms with van der Waals surface area (Å²) in [4.78, 5) is 2.12. The Bertz CT molecular complexity index is 1070. The van der Waals surface area contributed by atoms with Crippen LogP contribution in [0.15, 0.2) is 30.5 Å². The van der Waals surface area contributed by atoms with Gasteiger partial charge in [-0.1, -0.05) is 0 Å². The Balaban J connectivity index is 1.69. The first-order chi connectivity index (χ1) is 14.1. The molecule has 0 radical (unpaired) electrons. The molecule has 8 heteroatoms. The van der Waals surface area contributed by atoms with Crippen LogP contribution in [-0.2, 0) is 7.05 Å². The maximum absolute atomic E-state index is 12.7. The summed E-state index contributed by atoms with van der Waals surface area (Å²) >= 11 is 0. The lowest BCUT2D eigenvalue weighted by molar-refractivity contribution is 0.200. The fraction of sp³-hybridized carbons (Fsp3) is 0.381. The van der Waals surface area contributed by atoms with E-state index in [4.69, 9.17) is 5.26 Å². The fourth-order valence-electron chi connectivity index (χ4n) is 4.00. The first kappa shape index (κ1) is 19.2. The maximum Gasteiger partial charge on any atom is 0.173 e. The lowest BCUT2D eigenvalue weighted by Gasteiger charge is -2.32. The topological polar surface area (TPSA) is 90.0 Å². The van der Waals surface area contributed by atoms with Crippen molar-refractivity contribution in [2.24, 2.45) is 7.05 Å². The average molecular weight is 394 g/mol. The molecule has 1 saturated heterocycles. The maximum atomic E-state index is 12.7. The van der Waals surface area contributed by atoms with Crippen LogP contribution in [0.2, 0.25) is 0 Å². The molecule has 1 aromatic carbocycles. The highest BCUT2D eigenvalue weighted by Crippen LogP contribution is 2.35. The number of nitrogens with one attached hydrogen (secondary N) is 1. The van der Waals surface area contributed by atoms with Gasteiger partial charge in [0.2, 0.25) is 0 Å². The molecule has 0 amide bonds. The molecule has 3 aromatic rings. The van der Waals surface area contributed by atoms with E-state index in [1.807, 2.05) is 29.9 Å². The van der Waals surface area contributed by atoms with Crippen LogP contribution in [0.3, 0.4) is 0 Å². The Labute approximate surface area is 168 Å². The zero-order valence-electron chi connectivity index (χ0n) is 16.3. The van der Waals surface area contributed by atoms with E-state index < -0.39 is 0 Å². The monoisotopic (exact) mass is 394 g/mol. The van der Waals surface area contributed by atoms with Crippen LogP contribution in [0.4, 0.5) is 10.2 Å². The number of alkyl halides is 1. The van der Waals surface area contributed by atoms with E-state index in [9.17, 15) is 9.50 Å². The lowest BCUT2D eigenvalue weighted by atomic mass is 10.0. The second-order valence-corrected chi connectivity index (χ2v) is 7.40. The third kappa shape index (κ3) is 3.74. The van der Waals surface area contributed by atoms with E-state index in [-0.39, 0.29) is 18.5 Å². The molecule has 3 heterocycles. The second kappa shape index (κ2) is 8.05. The lowest BCUT2D eigenvalue weighted by Crippen LogP contribution is -2.43. The van der Waals surface area contributed by atoms with Crippen LogP contribution in [0, 0.1) is 11.3 Å². The molecule has 1 fully saturated rings. The molecule has 4 rings (SSSR count). The summed E-state index contributed by atoms with van der Waals surface area (Å²) in [6, 6.07) is 8.91. The summed E-state index contributed by atoms with van der Waals surface area (Å²) in [7, 11) is 1.94. The molecule has 7 nitrogen and oxygen atoms in total. The average Bonchev–Trinajstić information content (AvgIpc) is 3.11. The molecular formula is C21H23FN6O. The molecule has 2 N–H and O–H groups in total. The van der Waals surface area contributed by atoms with Crippen LogP contribution < -0.4 is 5.32 Å². The number of rotatable bonds is 5. The first-order valence-electron chi connectivity index (χ1n) is 9.70. The van der Waals surface area contributed by atoms with Crippen molar-refractivity contribution in [1.29, 1.82) is 5.26 Å². The fourth-order valence-corrected chi connectivity index (χ4v) is 4.00. The van der Waals surface area contributed by atoms with Gasteiger partial charge >= 0.3 is 0 Å². The van der Waals surface area contributed by atoms with Crippen molar-refractivity contribution in [2.45, 2.75) is 18.9 Å². The Morgan fingerprint density at radius 1 is 1.34 bits per heavy atom. The van der Waals surface area contributed by atoms with E-state index in [1.54, 1.807) is 12.1 Å². The number of halogens is 1. The van der Waals surface area contributed by atoms with Crippen LogP contribution in [0.5, 0.6) is 5.75 Å². The predicted octanol–water partition coefficient (Wildman–Crippen LogP) is 3.06. The number of nitrogens with zero attached hydrogens (tertiary/aromatic N) is 5. The van der Waals surface area contributed by atoms with Gasteiger partial charge in [-0.2, -0.15) is 5.26 Å². The normalized spacial score (nSPS) is 17.3. The number of anilines is 1. The number of hydrogen-bond donors (Lipinski definition) is 2. The predicted molar refractivity (Wildman–Crippen MR) is 109 cm³/mol. The van der Waals surface area contributed by atoms with Crippen LogP contribution in [0.1, 0.15) is 18.4 Å². The molecule has 0 bridgehead atoms. The Morgan fingerprint density at radius 2 is 2.21 bits per heavy atom. The van der Waals surface area contributed by atoms with Crippen molar-refractivity contribution in [3.63, 3.8) is 0 Å². The third-order valence-electron chi connectivity index (χ3n) is 5.43. The Morgan fingerprint density at radius 3 is 2.97 bits per heavy atom. The van der Waals surface area contributed by atoms with Crippen molar-refractivity contribution in [3.05, 3.63) is 36.0 Å². The number of fused-ring (bicyclic) bond motifs is 1. The summed E-state index contributed by atoms with van der Waals surface area (Å²) in [5, 5.41) is 32.5. The van der Waals surface area contributed by atoms with Crippen molar-refractivity contribution in [1.82, 2.24) is 19.7 Å². The van der Waals surface area contributed by atoms with Crippen LogP contribution in [-0.4, -0.2) is 57.1 Å². The van der Waals surface area contributed by atoms with Gasteiger partial charge in [-0.05, 0) is 43.7 Å². The molecular weight excluding hydrogens is 371 g/mol. The molecule has 2 aromatic heterocycles. The minimum atomic E-state index is -0.336. The number of benzene rings is 1. The van der Waals surface area contributed by atoms with E-state index in [0.717, 1.165) is 36.8 Å². The van der Waals surface area contributed by atoms with E-state index in [0.29, 0.717) is 29.2 Å². The first-order valence-corrected chi connectivity index (χ1v) is 9.70. The van der Waals surface area contributed by atoms with Gasteiger partial charge in [0.05, 0.1) is 17.1 Å². The number of likely N-dealkylation sites (tertiary alicyclic amines) is 1. The summed E-state index contributed by atoms with van der Waals surface area (Å²) in [6.45, 7) is 1.82. The van der Waals surface area contributed by atoms with E-state index >= 15 is 0 Å². The van der Waals surface area contributed by atoms with Gasteiger partial charge in [0.25, 0.3) is 0 Å². The molecule has 0 unspecified atom stereocenters. The summed E-state index contributed by atoms with van der Waals surface area (Å²) in [5.41, 5.74) is 2.38. The minimum absolute atomic E-state index is 0.00152. The number of phenols is 1. The smallest absolute Gasteiger partial charge is 0.173 e. The van der Waals surface area contributed by atoms with Crippen molar-refractivity contribution >= 4 is 16.7 Å². The Hall–Kier alpha value is -3.18. The minimum Gasteiger partial charge on any atom is -0.507 e. The largest absolute Gasteiger partial charge is 0.507 e. The third-order valence-corrected chi connectivity index (χ3v) is 5.43. The Kier molecular flexibility index (Phi) is 5.32. The number of aromatic nitrogens is 3. The number of aryl methyl sites for hydroxylation is 1. The standard InChI is InChI=1S/C21H23FN6O/c1-27-9-6-17-19(16-5-4-14(12-23)11-18(16)29)25-26-21(20(17)27)24-15-3-2-8-28(13-15)10-7-22/h4-6,9,11,15,29H,2-3,7-8,10,13H2,1H3,(H,24,26)/t15-/m1/s1. The molecule has 0 spiro atoms. The van der Waals surface area contributed by atoms with E-state index in [1.165, 1.54) is 6.07 Å². The highest BCUT2D eigenvalue weighted by molar-refractivity contribution is 5.99. The molecule has 1 aliphatic rings. The van der Waals surface area contributed by atoms with Crippen LogP contribution >= 0.6 is 0 Å². The zero-order chi connectivity index (χ0) is 20.4. The number of piperidine rings is 1. The molecule has 1 aliphatic heterocycles. The van der Waals surface area contributed by atoms with Gasteiger partial charge in [-0.3, -0.25) is 4.90 Å². The quantitative estimate of drug-likeness (QED) is 0.691. The van der Waals surface area contributed by atoms with Gasteiger partial charge in [0, 0.05) is 43.3 Å². The number of phenolic OH excluding ortho intramolecular Hbond substituents is 1. The van der Waals surface area contributed by atoms with Crippen molar-refractivity contribution in [3.8, 4) is 23.1 Å². The number of aromatic hydroxyl groups is 1. The molecule has 29 heavy (non-hydrogen) atoms. The molecule has 0 saturated carbocycles. The van der Waals surface area contributed by atoms with Gasteiger partial charge in [0.1, 0.15) is 18.1 Å². The summed E-state index contributed by atoms with van der Waals surface area (Å²) in [5.74, 6) is 0.676. The van der Waals surface area contributed by atoms with Crippen molar-refractivity contribution in [2.75, 3.05) is 31.6 Å². The van der Waals surface area contributed by atoms with Gasteiger partial charge in [-0.25, -0.2) is 4.39 Å². The molecule has 150 valence electrons. The SMILES string of the molecule is Cn1ccc2c(-c3ccc(C#N)cc3O)nnc(N[C@@H]3CCCN(CCF)C3)c21. The summed E-state index contributed by atoms with van der Waals surface area (Å²) in [6.07, 6.45) is 3.94. The molecule has 1 atom stereocenters. The highest BCUT2D eigenvalue weighted by Gasteiger charge is 2.22. The van der Waals surface area contributed by atoms with Crippen molar-refractivity contribution < 1.29 is 9.50 Å². The second-order valence-electron chi connectivity index (χ2n) is 7.40. The number of hydrogen-bond acceptors (Lipinski definition) is 6. The van der Waals surface area contributed by atoms with Gasteiger partial charge < -0.3 is 15.0 Å². The van der Waals surface area contributed by atoms with Crippen LogP contribution in [0.25, 0.3) is 22.2 Å². The molecule has 0 aliphatic carbocycles.